The first-order chi connectivity index (χ1) is 11.8. The number of piperazine rings is 1. The molecule has 0 aliphatic carbocycles. The molecule has 0 bridgehead atoms. The number of nitrogens with one attached hydrogen (secondary N) is 3. The number of hydrogen-bond acceptors (Lipinski definition) is 0. The minimum atomic E-state index is 0.901. The van der Waals surface area contributed by atoms with Crippen LogP contribution in [0.25, 0.3) is 10.9 Å². The molecule has 2 heterocycles. The zero-order chi connectivity index (χ0) is 16.4. The molecule has 3 nitrogen and oxygen atoms in total. The molecule has 1 aliphatic heterocycles. The molecule has 24 heavy (non-hydrogen) atoms. The second-order valence-corrected chi connectivity index (χ2v) is 7.21. The Labute approximate surface area is 147 Å². The Bertz CT molecular complexity index is 818. The first-order valence-corrected chi connectivity index (χ1v) is 9.13. The number of quaternary nitrogens is 2. The van der Waals surface area contributed by atoms with E-state index >= 15 is 0 Å². The van der Waals surface area contributed by atoms with Crippen molar-refractivity contribution in [1.82, 2.24) is 4.98 Å². The van der Waals surface area contributed by atoms with Gasteiger partial charge in [0.1, 0.15) is 39.3 Å². The van der Waals surface area contributed by atoms with Crippen LogP contribution in [0.1, 0.15) is 11.1 Å². The molecular weight excluding hydrogens is 318 g/mol. The van der Waals surface area contributed by atoms with E-state index in [0.29, 0.717) is 0 Å². The average Bonchev–Trinajstić information content (AvgIpc) is 3.02. The van der Waals surface area contributed by atoms with Gasteiger partial charge in [-0.2, -0.15) is 0 Å². The third-order valence-corrected chi connectivity index (χ3v) is 5.55. The highest BCUT2D eigenvalue weighted by Crippen LogP contribution is 2.16. The Morgan fingerprint density at radius 2 is 1.42 bits per heavy atom. The fourth-order valence-electron chi connectivity index (χ4n) is 3.77. The Balaban J connectivity index is 1.35. The Kier molecular flexibility index (Phi) is 4.56. The van der Waals surface area contributed by atoms with Gasteiger partial charge in [-0.25, -0.2) is 0 Å². The van der Waals surface area contributed by atoms with E-state index in [1.54, 1.807) is 9.80 Å². The zero-order valence-corrected chi connectivity index (χ0v) is 14.6. The molecule has 0 unspecified atom stereocenters. The first-order valence-electron chi connectivity index (χ1n) is 8.75. The van der Waals surface area contributed by atoms with Crippen LogP contribution in [0.3, 0.4) is 0 Å². The van der Waals surface area contributed by atoms with E-state index in [4.69, 9.17) is 11.6 Å². The number of benzene rings is 2. The highest BCUT2D eigenvalue weighted by Gasteiger charge is 2.24. The van der Waals surface area contributed by atoms with Gasteiger partial charge in [-0.3, -0.25) is 0 Å². The lowest BCUT2D eigenvalue weighted by Crippen LogP contribution is -3.27. The average molecular weight is 342 g/mol. The van der Waals surface area contributed by atoms with Crippen LogP contribution in [0.4, 0.5) is 0 Å². The summed E-state index contributed by atoms with van der Waals surface area (Å²) in [6, 6.07) is 16.8. The molecule has 4 rings (SSSR count). The number of aromatic nitrogens is 1. The number of fused-ring (bicyclic) bond motifs is 1. The third-order valence-electron chi connectivity index (χ3n) is 5.18. The molecule has 0 radical (unpaired) electrons. The van der Waals surface area contributed by atoms with Gasteiger partial charge in [-0.15, -0.1) is 0 Å². The lowest BCUT2D eigenvalue weighted by atomic mass is 10.1. The summed E-state index contributed by atoms with van der Waals surface area (Å²) in [5.41, 5.74) is 3.96. The molecule has 0 atom stereocenters. The number of aromatic amines is 1. The Morgan fingerprint density at radius 3 is 2.17 bits per heavy atom. The van der Waals surface area contributed by atoms with E-state index in [1.807, 2.05) is 12.1 Å². The molecule has 1 aliphatic rings. The molecule has 4 heteroatoms. The van der Waals surface area contributed by atoms with Crippen molar-refractivity contribution in [2.24, 2.45) is 0 Å². The molecule has 1 saturated heterocycles. The lowest BCUT2D eigenvalue weighted by Gasteiger charge is -2.29. The van der Waals surface area contributed by atoms with E-state index < -0.39 is 0 Å². The molecule has 2 aromatic carbocycles. The van der Waals surface area contributed by atoms with Crippen molar-refractivity contribution in [3.63, 3.8) is 0 Å². The number of para-hydroxylation sites is 1. The number of H-pyrrole nitrogens is 1. The van der Waals surface area contributed by atoms with Gasteiger partial charge in [0.2, 0.25) is 0 Å². The number of hydrogen-bond donors (Lipinski definition) is 3. The van der Waals surface area contributed by atoms with Gasteiger partial charge in [0.15, 0.2) is 0 Å². The van der Waals surface area contributed by atoms with Crippen molar-refractivity contribution < 1.29 is 9.80 Å². The van der Waals surface area contributed by atoms with E-state index in [2.05, 4.69) is 47.6 Å². The maximum Gasteiger partial charge on any atom is 0.127 e. The summed E-state index contributed by atoms with van der Waals surface area (Å²) in [6.07, 6.45) is 2.18. The van der Waals surface area contributed by atoms with Crippen LogP contribution >= 0.6 is 11.6 Å². The van der Waals surface area contributed by atoms with E-state index in [-0.39, 0.29) is 0 Å². The molecule has 0 saturated carbocycles. The maximum absolute atomic E-state index is 6.30. The van der Waals surface area contributed by atoms with Gasteiger partial charge in [0, 0.05) is 33.2 Å². The van der Waals surface area contributed by atoms with Crippen LogP contribution in [0.15, 0.2) is 54.7 Å². The lowest BCUT2D eigenvalue weighted by molar-refractivity contribution is -1.02. The van der Waals surface area contributed by atoms with Crippen LogP contribution in [0.2, 0.25) is 5.02 Å². The summed E-state index contributed by atoms with van der Waals surface area (Å²) < 4.78 is 0. The molecule has 1 fully saturated rings. The van der Waals surface area contributed by atoms with Crippen LogP contribution in [0.5, 0.6) is 0 Å². The normalized spacial score (nSPS) is 21.2. The summed E-state index contributed by atoms with van der Waals surface area (Å²) in [4.78, 5) is 6.72. The maximum atomic E-state index is 6.30. The minimum Gasteiger partial charge on any atom is -0.361 e. The molecule has 0 amide bonds. The van der Waals surface area contributed by atoms with Gasteiger partial charge in [-0.1, -0.05) is 48.0 Å². The third kappa shape index (κ3) is 3.34. The van der Waals surface area contributed by atoms with Crippen LogP contribution in [-0.2, 0) is 13.1 Å². The van der Waals surface area contributed by atoms with Crippen molar-refractivity contribution in [1.29, 1.82) is 0 Å². The van der Waals surface area contributed by atoms with Gasteiger partial charge in [0.25, 0.3) is 0 Å². The molecule has 124 valence electrons. The number of rotatable bonds is 4. The minimum absolute atomic E-state index is 0.901. The molecule has 3 aromatic rings. The molecule has 0 spiro atoms. The molecule has 1 aromatic heterocycles. The van der Waals surface area contributed by atoms with Crippen molar-refractivity contribution in [2.75, 3.05) is 26.2 Å². The summed E-state index contributed by atoms with van der Waals surface area (Å²) >= 11 is 6.30. The van der Waals surface area contributed by atoms with Crippen LogP contribution < -0.4 is 9.80 Å². The largest absolute Gasteiger partial charge is 0.361 e. The topological polar surface area (TPSA) is 24.7 Å². The fraction of sp³-hybridized carbons (Fsp3) is 0.300. The summed E-state index contributed by atoms with van der Waals surface area (Å²) in [6.45, 7) is 7.02. The van der Waals surface area contributed by atoms with Crippen molar-refractivity contribution >= 4 is 22.5 Å². The Morgan fingerprint density at radius 1 is 0.792 bits per heavy atom. The summed E-state index contributed by atoms with van der Waals surface area (Å²) in [5.74, 6) is 0. The van der Waals surface area contributed by atoms with Crippen molar-refractivity contribution in [3.05, 3.63) is 70.9 Å². The monoisotopic (exact) mass is 341 g/mol. The predicted octanol–water partition coefficient (Wildman–Crippen LogP) is 1.30. The molecule has 3 N–H and O–H groups in total. The summed E-state index contributed by atoms with van der Waals surface area (Å²) in [7, 11) is 0. The van der Waals surface area contributed by atoms with E-state index in [1.165, 1.54) is 48.2 Å². The van der Waals surface area contributed by atoms with Crippen molar-refractivity contribution in [3.8, 4) is 0 Å². The van der Waals surface area contributed by atoms with Crippen molar-refractivity contribution in [2.45, 2.75) is 13.1 Å². The zero-order valence-electron chi connectivity index (χ0n) is 13.8. The van der Waals surface area contributed by atoms with Crippen LogP contribution in [-0.4, -0.2) is 31.2 Å². The van der Waals surface area contributed by atoms with E-state index in [0.717, 1.165) is 18.1 Å². The molecular formula is C20H24ClN3+2. The summed E-state index contributed by atoms with van der Waals surface area (Å²) in [5, 5.41) is 2.27. The highest BCUT2D eigenvalue weighted by atomic mass is 35.5. The second kappa shape index (κ2) is 6.98. The SMILES string of the molecule is Clc1ccccc1C[NH+]1CC[NH+](Cc2c[nH]c3ccccc23)CC1. The smallest absolute Gasteiger partial charge is 0.127 e. The quantitative estimate of drug-likeness (QED) is 0.637. The van der Waals surface area contributed by atoms with Gasteiger partial charge < -0.3 is 14.8 Å². The first kappa shape index (κ1) is 15.7. The van der Waals surface area contributed by atoms with Gasteiger partial charge in [0.05, 0.1) is 0 Å². The predicted molar refractivity (Wildman–Crippen MR) is 98.6 cm³/mol. The van der Waals surface area contributed by atoms with Gasteiger partial charge in [-0.05, 0) is 12.1 Å². The standard InChI is InChI=1S/C20H22ClN3/c21-19-7-3-1-5-16(19)14-23-9-11-24(12-10-23)15-17-13-22-20-8-4-2-6-18(17)20/h1-8,13,22H,9-12,14-15H2/p+2. The second-order valence-electron chi connectivity index (χ2n) is 6.80. The van der Waals surface area contributed by atoms with Crippen LogP contribution in [0, 0.1) is 0 Å². The Hall–Kier alpha value is -1.81. The van der Waals surface area contributed by atoms with Gasteiger partial charge >= 0.3 is 0 Å². The highest BCUT2D eigenvalue weighted by molar-refractivity contribution is 6.31. The van der Waals surface area contributed by atoms with E-state index in [9.17, 15) is 0 Å². The number of halogens is 1. The fourth-order valence-corrected chi connectivity index (χ4v) is 3.97.